The second kappa shape index (κ2) is 9.72. The van der Waals surface area contributed by atoms with Crippen molar-refractivity contribution in [1.29, 1.82) is 0 Å². The number of carboxylic acids is 1. The maximum Gasteiger partial charge on any atom is 0.303 e. The molecular formula is C26H30F2N2O5S. The fourth-order valence-electron chi connectivity index (χ4n) is 4.89. The number of benzene rings is 2. The van der Waals surface area contributed by atoms with Gasteiger partial charge in [-0.3, -0.25) is 14.4 Å². The molecule has 36 heavy (non-hydrogen) atoms. The largest absolute Gasteiger partial charge is 0.497 e. The Balaban J connectivity index is 1.65. The molecule has 2 aromatic rings. The molecule has 2 aromatic carbocycles. The standard InChI is InChI=1S/C26H30F2N2O5S/c1-35-17-5-6-18-14(9-17)7-8-30(26(34)19-10-15(19)11-22(31)32)23(18)25(33)29-16-12-20(27)24(21(28)13-16)36(2,3)4/h5-6,9,12-13,15,19,23H,7-8,10-11H2,1-4H3,(H,29,33)(H,31,32)/t15-,19+,23?/m0/s1. The number of carbonyl (C=O) groups is 3. The van der Waals surface area contributed by atoms with E-state index < -0.39 is 45.5 Å². The highest BCUT2D eigenvalue weighted by molar-refractivity contribution is 8.32. The summed E-state index contributed by atoms with van der Waals surface area (Å²) in [5.74, 6) is -3.42. The zero-order chi connectivity index (χ0) is 26.4. The molecule has 2 aliphatic rings. The number of ether oxygens (including phenoxy) is 1. The van der Waals surface area contributed by atoms with Gasteiger partial charge in [-0.25, -0.2) is 18.8 Å². The van der Waals surface area contributed by atoms with E-state index in [1.54, 1.807) is 30.9 Å². The summed E-state index contributed by atoms with van der Waals surface area (Å²) in [7, 11) is -0.148. The van der Waals surface area contributed by atoms with Crippen molar-refractivity contribution < 1.29 is 33.0 Å². The Labute approximate surface area is 210 Å². The molecule has 0 saturated heterocycles. The normalized spacial score (nSPS) is 21.4. The first-order chi connectivity index (χ1) is 16.9. The van der Waals surface area contributed by atoms with Crippen molar-refractivity contribution in [2.24, 2.45) is 11.8 Å². The zero-order valence-corrected chi connectivity index (χ0v) is 21.5. The van der Waals surface area contributed by atoms with Crippen LogP contribution in [0.2, 0.25) is 0 Å². The van der Waals surface area contributed by atoms with E-state index in [-0.39, 0.29) is 35.4 Å². The van der Waals surface area contributed by atoms with Crippen molar-refractivity contribution in [3.05, 3.63) is 53.1 Å². The average Bonchev–Trinajstić information content (AvgIpc) is 3.54. The highest BCUT2D eigenvalue weighted by Gasteiger charge is 2.49. The number of aliphatic carboxylic acids is 1. The Morgan fingerprint density at radius 1 is 1.14 bits per heavy atom. The summed E-state index contributed by atoms with van der Waals surface area (Å²) >= 11 is 0. The Kier molecular flexibility index (Phi) is 7.01. The monoisotopic (exact) mass is 520 g/mol. The number of hydrogen-bond donors (Lipinski definition) is 2. The highest BCUT2D eigenvalue weighted by atomic mass is 32.3. The Morgan fingerprint density at radius 3 is 2.39 bits per heavy atom. The van der Waals surface area contributed by atoms with E-state index in [1.165, 1.54) is 12.0 Å². The Bertz CT molecular complexity index is 1210. The molecule has 0 aromatic heterocycles. The van der Waals surface area contributed by atoms with E-state index in [1.807, 2.05) is 6.07 Å². The van der Waals surface area contributed by atoms with E-state index in [9.17, 15) is 23.2 Å². The van der Waals surface area contributed by atoms with Crippen LogP contribution in [-0.2, 0) is 20.8 Å². The minimum absolute atomic E-state index is 0.00520. The van der Waals surface area contributed by atoms with Gasteiger partial charge in [-0.05, 0) is 72.9 Å². The lowest BCUT2D eigenvalue weighted by molar-refractivity contribution is -0.141. The fraction of sp³-hybridized carbons (Fsp3) is 0.423. The van der Waals surface area contributed by atoms with Crippen LogP contribution in [0.15, 0.2) is 35.2 Å². The number of amides is 2. The van der Waals surface area contributed by atoms with Crippen molar-refractivity contribution in [3.8, 4) is 5.75 Å². The molecule has 3 atom stereocenters. The summed E-state index contributed by atoms with van der Waals surface area (Å²) in [6.07, 6.45) is 6.18. The third kappa shape index (κ3) is 5.18. The van der Waals surface area contributed by atoms with Crippen LogP contribution in [0.25, 0.3) is 0 Å². The van der Waals surface area contributed by atoms with Crippen molar-refractivity contribution in [1.82, 2.24) is 4.90 Å². The van der Waals surface area contributed by atoms with Crippen LogP contribution < -0.4 is 10.1 Å². The first-order valence-electron chi connectivity index (χ1n) is 11.6. The van der Waals surface area contributed by atoms with Gasteiger partial charge in [0.25, 0.3) is 5.91 Å². The van der Waals surface area contributed by atoms with Crippen LogP contribution in [-0.4, -0.2) is 60.2 Å². The van der Waals surface area contributed by atoms with Gasteiger partial charge in [0.05, 0.1) is 12.0 Å². The molecule has 2 N–H and O–H groups in total. The Morgan fingerprint density at radius 2 is 1.81 bits per heavy atom. The highest BCUT2D eigenvalue weighted by Crippen LogP contribution is 2.49. The van der Waals surface area contributed by atoms with Gasteiger partial charge in [0, 0.05) is 24.6 Å². The molecule has 0 radical (unpaired) electrons. The summed E-state index contributed by atoms with van der Waals surface area (Å²) in [5.41, 5.74) is 1.39. The topological polar surface area (TPSA) is 95.9 Å². The summed E-state index contributed by atoms with van der Waals surface area (Å²) in [5, 5.41) is 11.7. The van der Waals surface area contributed by atoms with Gasteiger partial charge < -0.3 is 20.1 Å². The van der Waals surface area contributed by atoms with E-state index in [0.29, 0.717) is 24.2 Å². The van der Waals surface area contributed by atoms with E-state index in [2.05, 4.69) is 5.32 Å². The van der Waals surface area contributed by atoms with E-state index in [0.717, 1.165) is 17.7 Å². The summed E-state index contributed by atoms with van der Waals surface area (Å²) in [4.78, 5) is 39.4. The molecule has 1 fully saturated rings. The first kappa shape index (κ1) is 25.9. The Hall–Kier alpha value is -3.14. The summed E-state index contributed by atoms with van der Waals surface area (Å²) in [6.45, 7) is 0.252. The number of nitrogens with one attached hydrogen (secondary N) is 1. The lowest BCUT2D eigenvalue weighted by atomic mass is 9.91. The molecule has 1 aliphatic carbocycles. The van der Waals surface area contributed by atoms with Crippen LogP contribution in [0.1, 0.15) is 30.0 Å². The van der Waals surface area contributed by atoms with Crippen LogP contribution in [0, 0.1) is 23.5 Å². The van der Waals surface area contributed by atoms with Gasteiger partial charge in [0.2, 0.25) is 5.91 Å². The van der Waals surface area contributed by atoms with Crippen molar-refractivity contribution >= 4 is 33.5 Å². The molecule has 1 aliphatic heterocycles. The van der Waals surface area contributed by atoms with Gasteiger partial charge in [0.1, 0.15) is 23.4 Å². The molecule has 0 spiro atoms. The molecule has 194 valence electrons. The molecule has 1 heterocycles. The SMILES string of the molecule is COc1ccc2c(c1)CCN(C(=O)[C@@H]1C[C@H]1CC(=O)O)C2C(=O)Nc1cc(F)c(S(C)(C)C)c(F)c1. The van der Waals surface area contributed by atoms with Gasteiger partial charge in [-0.2, -0.15) is 0 Å². The maximum absolute atomic E-state index is 14.8. The molecule has 4 rings (SSSR count). The number of methoxy groups -OCH3 is 1. The quantitative estimate of drug-likeness (QED) is 0.571. The van der Waals surface area contributed by atoms with E-state index in [4.69, 9.17) is 9.84 Å². The van der Waals surface area contributed by atoms with Crippen LogP contribution >= 0.6 is 10.0 Å². The molecule has 1 saturated carbocycles. The van der Waals surface area contributed by atoms with Crippen molar-refractivity contribution in [3.63, 3.8) is 0 Å². The fourth-order valence-corrected chi connectivity index (χ4v) is 6.18. The van der Waals surface area contributed by atoms with Gasteiger partial charge in [-0.15, -0.1) is 0 Å². The van der Waals surface area contributed by atoms with Crippen molar-refractivity contribution in [2.75, 3.05) is 37.7 Å². The minimum atomic E-state index is -1.68. The second-order valence-electron chi connectivity index (χ2n) is 10.0. The van der Waals surface area contributed by atoms with Crippen molar-refractivity contribution in [2.45, 2.75) is 30.2 Å². The average molecular weight is 521 g/mol. The molecular weight excluding hydrogens is 490 g/mol. The second-order valence-corrected chi connectivity index (χ2v) is 14.1. The maximum atomic E-state index is 14.8. The predicted molar refractivity (Wildman–Crippen MR) is 134 cm³/mol. The molecule has 2 amide bonds. The lowest BCUT2D eigenvalue weighted by Gasteiger charge is -2.37. The summed E-state index contributed by atoms with van der Waals surface area (Å²) < 4.78 is 34.9. The number of anilines is 1. The first-order valence-corrected chi connectivity index (χ1v) is 14.4. The zero-order valence-electron chi connectivity index (χ0n) is 20.6. The molecule has 1 unspecified atom stereocenters. The number of carboxylic acid groups (broad SMARTS) is 1. The molecule has 7 nitrogen and oxygen atoms in total. The number of carbonyl (C=O) groups excluding carboxylic acids is 2. The number of nitrogens with zero attached hydrogens (tertiary/aromatic N) is 1. The number of hydrogen-bond acceptors (Lipinski definition) is 4. The van der Waals surface area contributed by atoms with Gasteiger partial charge in [0.15, 0.2) is 0 Å². The lowest BCUT2D eigenvalue weighted by Crippen LogP contribution is -2.46. The number of halogens is 2. The smallest absolute Gasteiger partial charge is 0.303 e. The van der Waals surface area contributed by atoms with Gasteiger partial charge in [-0.1, -0.05) is 6.07 Å². The number of fused-ring (bicyclic) bond motifs is 1. The van der Waals surface area contributed by atoms with Crippen LogP contribution in [0.3, 0.4) is 0 Å². The number of rotatable bonds is 7. The summed E-state index contributed by atoms with van der Waals surface area (Å²) in [6, 6.07) is 6.38. The predicted octanol–water partition coefficient (Wildman–Crippen LogP) is 4.20. The van der Waals surface area contributed by atoms with Gasteiger partial charge >= 0.3 is 5.97 Å². The molecule has 0 bridgehead atoms. The molecule has 10 heteroatoms. The third-order valence-electron chi connectivity index (χ3n) is 6.66. The van der Waals surface area contributed by atoms with Crippen LogP contribution in [0.5, 0.6) is 5.75 Å². The minimum Gasteiger partial charge on any atom is -0.497 e. The third-order valence-corrected chi connectivity index (χ3v) is 8.28. The van der Waals surface area contributed by atoms with Crippen LogP contribution in [0.4, 0.5) is 14.5 Å². The van der Waals surface area contributed by atoms with E-state index >= 15 is 0 Å².